The molecule has 2 nitrogen and oxygen atoms in total. The molecule has 1 rings (SSSR count). The van der Waals surface area contributed by atoms with Gasteiger partial charge in [-0.25, -0.2) is 0 Å². The van der Waals surface area contributed by atoms with Crippen LogP contribution in [0.1, 0.15) is 19.8 Å². The molecule has 14 heavy (non-hydrogen) atoms. The molecule has 0 aromatic carbocycles. The molecule has 1 fully saturated rings. The zero-order valence-electron chi connectivity index (χ0n) is 8.28. The van der Waals surface area contributed by atoms with Crippen LogP contribution in [-0.4, -0.2) is 32.5 Å². The van der Waals surface area contributed by atoms with E-state index in [1.165, 1.54) is 0 Å². The van der Waals surface area contributed by atoms with E-state index in [9.17, 15) is 13.2 Å². The number of hydrogen-bond acceptors (Lipinski definition) is 2. The Labute approximate surface area is 81.8 Å². The Bertz CT molecular complexity index is 177. The Morgan fingerprint density at radius 1 is 1.36 bits per heavy atom. The maximum Gasteiger partial charge on any atom is 0.411 e. The fraction of sp³-hybridized carbons (Fsp3) is 1.00. The summed E-state index contributed by atoms with van der Waals surface area (Å²) in [6.45, 7) is 2.67. The molecule has 1 N–H and O–H groups in total. The lowest BCUT2D eigenvalue weighted by molar-refractivity contribution is -0.183. The zero-order valence-corrected chi connectivity index (χ0v) is 8.28. The summed E-state index contributed by atoms with van der Waals surface area (Å²) in [5, 5.41) is 3.07. The second-order valence-electron chi connectivity index (χ2n) is 3.96. The van der Waals surface area contributed by atoms with Gasteiger partial charge in [-0.3, -0.25) is 0 Å². The van der Waals surface area contributed by atoms with Gasteiger partial charge in [0.2, 0.25) is 0 Å². The SMILES string of the molecule is CCCC1(COCC(F)(F)F)CNC1. The van der Waals surface area contributed by atoms with E-state index in [0.29, 0.717) is 0 Å². The predicted molar refractivity (Wildman–Crippen MR) is 47.1 cm³/mol. The molecule has 0 unspecified atom stereocenters. The molecule has 1 aliphatic rings. The first-order chi connectivity index (χ1) is 6.47. The van der Waals surface area contributed by atoms with E-state index in [1.54, 1.807) is 0 Å². The summed E-state index contributed by atoms with van der Waals surface area (Å²) >= 11 is 0. The minimum absolute atomic E-state index is 0.0417. The molecule has 84 valence electrons. The Hall–Kier alpha value is -0.290. The first-order valence-corrected chi connectivity index (χ1v) is 4.83. The maximum atomic E-state index is 11.8. The largest absolute Gasteiger partial charge is 0.411 e. The lowest BCUT2D eigenvalue weighted by Crippen LogP contribution is -2.56. The Balaban J connectivity index is 2.21. The number of halogens is 3. The third kappa shape index (κ3) is 3.46. The molecule has 0 aliphatic carbocycles. The van der Waals surface area contributed by atoms with Crippen molar-refractivity contribution in [1.29, 1.82) is 0 Å². The number of rotatable bonds is 5. The Kier molecular flexibility index (Phi) is 3.78. The topological polar surface area (TPSA) is 21.3 Å². The molecule has 0 spiro atoms. The molecular weight excluding hydrogens is 195 g/mol. The first kappa shape index (κ1) is 11.8. The molecule has 5 heteroatoms. The Morgan fingerprint density at radius 3 is 2.36 bits per heavy atom. The van der Waals surface area contributed by atoms with Crippen molar-refractivity contribution in [3.8, 4) is 0 Å². The highest BCUT2D eigenvalue weighted by atomic mass is 19.4. The van der Waals surface area contributed by atoms with Crippen LogP contribution in [-0.2, 0) is 4.74 Å². The van der Waals surface area contributed by atoms with Crippen LogP contribution < -0.4 is 5.32 Å². The van der Waals surface area contributed by atoms with Gasteiger partial charge >= 0.3 is 6.18 Å². The maximum absolute atomic E-state index is 11.8. The van der Waals surface area contributed by atoms with E-state index in [1.807, 2.05) is 6.92 Å². The average molecular weight is 211 g/mol. The van der Waals surface area contributed by atoms with E-state index < -0.39 is 12.8 Å². The van der Waals surface area contributed by atoms with Crippen LogP contribution in [0.4, 0.5) is 13.2 Å². The van der Waals surface area contributed by atoms with Crippen molar-refractivity contribution in [1.82, 2.24) is 5.32 Å². The number of nitrogens with one attached hydrogen (secondary N) is 1. The van der Waals surface area contributed by atoms with Crippen molar-refractivity contribution < 1.29 is 17.9 Å². The van der Waals surface area contributed by atoms with Crippen LogP contribution in [0.3, 0.4) is 0 Å². The van der Waals surface area contributed by atoms with Crippen LogP contribution in [0.15, 0.2) is 0 Å². The molecule has 0 bridgehead atoms. The molecule has 1 aliphatic heterocycles. The minimum atomic E-state index is -4.20. The smallest absolute Gasteiger partial charge is 0.371 e. The first-order valence-electron chi connectivity index (χ1n) is 4.83. The van der Waals surface area contributed by atoms with Gasteiger partial charge in [0, 0.05) is 18.5 Å². The van der Waals surface area contributed by atoms with Crippen molar-refractivity contribution in [3.05, 3.63) is 0 Å². The third-order valence-electron chi connectivity index (χ3n) is 2.45. The lowest BCUT2D eigenvalue weighted by Gasteiger charge is -2.42. The molecule has 1 saturated heterocycles. The third-order valence-corrected chi connectivity index (χ3v) is 2.45. The van der Waals surface area contributed by atoms with Gasteiger partial charge in [-0.1, -0.05) is 13.3 Å². The van der Waals surface area contributed by atoms with Crippen LogP contribution in [0.5, 0.6) is 0 Å². The highest BCUT2D eigenvalue weighted by molar-refractivity contribution is 4.91. The molecule has 0 amide bonds. The summed E-state index contributed by atoms with van der Waals surface area (Å²) in [4.78, 5) is 0. The predicted octanol–water partition coefficient (Wildman–Crippen LogP) is 1.95. The zero-order chi connectivity index (χ0) is 10.7. The van der Waals surface area contributed by atoms with Crippen molar-refractivity contribution >= 4 is 0 Å². The second-order valence-corrected chi connectivity index (χ2v) is 3.96. The number of alkyl halides is 3. The molecular formula is C9H16F3NO. The van der Waals surface area contributed by atoms with E-state index >= 15 is 0 Å². The van der Waals surface area contributed by atoms with E-state index in [-0.39, 0.29) is 12.0 Å². The van der Waals surface area contributed by atoms with Crippen LogP contribution in [0.25, 0.3) is 0 Å². The van der Waals surface area contributed by atoms with E-state index in [0.717, 1.165) is 25.9 Å². The summed E-state index contributed by atoms with van der Waals surface area (Å²) in [6.07, 6.45) is -2.29. The average Bonchev–Trinajstić information content (AvgIpc) is 1.97. The van der Waals surface area contributed by atoms with Gasteiger partial charge in [-0.2, -0.15) is 13.2 Å². The summed E-state index contributed by atoms with van der Waals surface area (Å²) in [7, 11) is 0. The lowest BCUT2D eigenvalue weighted by atomic mass is 9.78. The summed E-state index contributed by atoms with van der Waals surface area (Å²) in [5.74, 6) is 0. The molecule has 0 radical (unpaired) electrons. The summed E-state index contributed by atoms with van der Waals surface area (Å²) in [5.41, 5.74) is -0.0417. The molecule has 0 atom stereocenters. The number of hydrogen-bond donors (Lipinski definition) is 1. The summed E-state index contributed by atoms with van der Waals surface area (Å²) < 4.78 is 40.1. The van der Waals surface area contributed by atoms with Gasteiger partial charge in [0.15, 0.2) is 0 Å². The second kappa shape index (κ2) is 4.49. The normalized spacial score (nSPS) is 20.6. The highest BCUT2D eigenvalue weighted by Crippen LogP contribution is 2.29. The van der Waals surface area contributed by atoms with Crippen molar-refractivity contribution in [2.75, 3.05) is 26.3 Å². The molecule has 0 aromatic heterocycles. The van der Waals surface area contributed by atoms with E-state index in [2.05, 4.69) is 5.32 Å². The van der Waals surface area contributed by atoms with Crippen molar-refractivity contribution in [3.63, 3.8) is 0 Å². The minimum Gasteiger partial charge on any atom is -0.371 e. The summed E-state index contributed by atoms with van der Waals surface area (Å²) in [6, 6.07) is 0. The molecule has 1 heterocycles. The van der Waals surface area contributed by atoms with Crippen LogP contribution in [0.2, 0.25) is 0 Å². The van der Waals surface area contributed by atoms with Crippen molar-refractivity contribution in [2.24, 2.45) is 5.41 Å². The Morgan fingerprint density at radius 2 is 2.00 bits per heavy atom. The van der Waals surface area contributed by atoms with Crippen LogP contribution in [0, 0.1) is 5.41 Å². The standard InChI is InChI=1S/C9H16F3NO/c1-2-3-8(4-13-5-8)6-14-7-9(10,11)12/h13H,2-7H2,1H3. The van der Waals surface area contributed by atoms with Gasteiger partial charge in [0.25, 0.3) is 0 Å². The van der Waals surface area contributed by atoms with Gasteiger partial charge in [0.05, 0.1) is 6.61 Å². The molecule has 0 saturated carbocycles. The quantitative estimate of drug-likeness (QED) is 0.750. The van der Waals surface area contributed by atoms with Gasteiger partial charge < -0.3 is 10.1 Å². The monoisotopic (exact) mass is 211 g/mol. The molecule has 0 aromatic rings. The highest BCUT2D eigenvalue weighted by Gasteiger charge is 2.37. The van der Waals surface area contributed by atoms with Crippen LogP contribution >= 0.6 is 0 Å². The van der Waals surface area contributed by atoms with Gasteiger partial charge in [-0.15, -0.1) is 0 Å². The van der Waals surface area contributed by atoms with Gasteiger partial charge in [0.1, 0.15) is 6.61 Å². The van der Waals surface area contributed by atoms with E-state index in [4.69, 9.17) is 4.74 Å². The fourth-order valence-corrected chi connectivity index (χ4v) is 1.74. The van der Waals surface area contributed by atoms with Gasteiger partial charge in [-0.05, 0) is 6.42 Å². The fourth-order valence-electron chi connectivity index (χ4n) is 1.74. The van der Waals surface area contributed by atoms with Crippen molar-refractivity contribution in [2.45, 2.75) is 25.9 Å². The number of ether oxygens (including phenoxy) is 1.